The number of cyclic esters (lactones) is 1. The molecule has 0 saturated carbocycles. The number of rotatable bonds is 7. The van der Waals surface area contributed by atoms with Gasteiger partial charge in [0.1, 0.15) is 29.8 Å². The van der Waals surface area contributed by atoms with Crippen molar-refractivity contribution in [3.8, 4) is 0 Å². The van der Waals surface area contributed by atoms with Crippen molar-refractivity contribution in [2.45, 2.75) is 89.3 Å². The quantitative estimate of drug-likeness (QED) is 0.338. The van der Waals surface area contributed by atoms with Gasteiger partial charge in [0.25, 0.3) is 0 Å². The summed E-state index contributed by atoms with van der Waals surface area (Å²) in [7, 11) is 1.71. The number of nitrogens with zero attached hydrogens (tertiary/aromatic N) is 3. The number of fused-ring (bicyclic) bond motifs is 2. The fraction of sp³-hybridized carbons (Fsp3) is 0.600. The van der Waals surface area contributed by atoms with Crippen LogP contribution in [-0.4, -0.2) is 100 Å². The first-order valence-electron chi connectivity index (χ1n) is 16.4. The Labute approximate surface area is 279 Å². The van der Waals surface area contributed by atoms with Gasteiger partial charge in [-0.2, -0.15) is 0 Å². The summed E-state index contributed by atoms with van der Waals surface area (Å²) < 4.78 is 13.5. The molecule has 11 heteroatoms. The second-order valence-corrected chi connectivity index (χ2v) is 14.1. The molecule has 250 valence electrons. The molecule has 2 saturated heterocycles. The Balaban J connectivity index is 1.65. The molecule has 0 aliphatic carbocycles. The van der Waals surface area contributed by atoms with Crippen LogP contribution in [-0.2, 0) is 28.7 Å². The summed E-state index contributed by atoms with van der Waals surface area (Å²) in [5, 5.41) is 10.6. The topological polar surface area (TPSA) is 117 Å². The van der Waals surface area contributed by atoms with Gasteiger partial charge >= 0.3 is 5.97 Å². The van der Waals surface area contributed by atoms with Gasteiger partial charge in [-0.15, -0.1) is 0 Å². The summed E-state index contributed by atoms with van der Waals surface area (Å²) in [5.41, 5.74) is -0.708. The number of benzene rings is 1. The SMILES string of the molecule is CCCCN1C/C=C\CCC(=O)N(C)[C@H](C)[C@@H](c2ccccc2)OC(=O)[C@@H]2[C@H]3O[C@@]4(C=C3Br)[C@H](C1=O)N([C@@H](CO)C(C)C)C(=O)[C@@H]24. The third-order valence-corrected chi connectivity index (χ3v) is 10.8. The lowest BCUT2D eigenvalue weighted by atomic mass is 9.74. The number of ether oxygens (including phenoxy) is 2. The number of hydrogen-bond donors (Lipinski definition) is 1. The van der Waals surface area contributed by atoms with Crippen LogP contribution in [0.15, 0.2) is 53.0 Å². The van der Waals surface area contributed by atoms with Crippen molar-refractivity contribution < 1.29 is 33.8 Å². The van der Waals surface area contributed by atoms with Crippen LogP contribution in [0.1, 0.15) is 65.0 Å². The lowest BCUT2D eigenvalue weighted by Crippen LogP contribution is -2.59. The van der Waals surface area contributed by atoms with E-state index in [4.69, 9.17) is 9.47 Å². The molecule has 3 amide bonds. The van der Waals surface area contributed by atoms with Crippen molar-refractivity contribution in [3.05, 3.63) is 58.6 Å². The van der Waals surface area contributed by atoms with Crippen molar-refractivity contribution in [1.82, 2.24) is 14.7 Å². The Morgan fingerprint density at radius 1 is 1.07 bits per heavy atom. The highest BCUT2D eigenvalue weighted by molar-refractivity contribution is 9.11. The zero-order valence-electron chi connectivity index (χ0n) is 27.3. The number of aliphatic hydroxyl groups excluding tert-OH is 1. The number of likely N-dealkylation sites (N-methyl/N-ethyl adjacent to an activating group) is 1. The summed E-state index contributed by atoms with van der Waals surface area (Å²) in [4.78, 5) is 61.8. The van der Waals surface area contributed by atoms with Crippen LogP contribution in [0.4, 0.5) is 0 Å². The van der Waals surface area contributed by atoms with Gasteiger partial charge < -0.3 is 29.3 Å². The van der Waals surface area contributed by atoms with E-state index in [0.717, 1.165) is 12.8 Å². The van der Waals surface area contributed by atoms with E-state index in [1.807, 2.05) is 70.2 Å². The van der Waals surface area contributed by atoms with Gasteiger partial charge in [-0.25, -0.2) is 0 Å². The molecular weight excluding hydrogens is 654 g/mol. The number of amides is 3. The van der Waals surface area contributed by atoms with Crippen molar-refractivity contribution >= 4 is 39.6 Å². The number of unbranched alkanes of at least 4 members (excludes halogenated alkanes) is 1. The van der Waals surface area contributed by atoms with Gasteiger partial charge in [-0.3, -0.25) is 19.2 Å². The average Bonchev–Trinajstić information content (AvgIpc) is 3.63. The normalized spacial score (nSPS) is 33.4. The van der Waals surface area contributed by atoms with Crippen molar-refractivity contribution in [3.63, 3.8) is 0 Å². The van der Waals surface area contributed by atoms with Gasteiger partial charge in [0.15, 0.2) is 0 Å². The Morgan fingerprint density at radius 2 is 1.78 bits per heavy atom. The minimum absolute atomic E-state index is 0.0983. The van der Waals surface area contributed by atoms with Gasteiger partial charge in [0, 0.05) is 31.0 Å². The highest BCUT2D eigenvalue weighted by atomic mass is 79.9. The number of allylic oxidation sites excluding steroid dienone is 1. The van der Waals surface area contributed by atoms with Crippen LogP contribution in [0.5, 0.6) is 0 Å². The smallest absolute Gasteiger partial charge is 0.313 e. The second kappa shape index (κ2) is 14.0. The molecule has 4 heterocycles. The van der Waals surface area contributed by atoms with E-state index in [9.17, 15) is 24.3 Å². The predicted octanol–water partition coefficient (Wildman–Crippen LogP) is 3.99. The Hall–Kier alpha value is -3.02. The van der Waals surface area contributed by atoms with Gasteiger partial charge in [0.2, 0.25) is 17.7 Å². The molecule has 2 fully saturated rings. The molecule has 46 heavy (non-hydrogen) atoms. The lowest BCUT2D eigenvalue weighted by Gasteiger charge is -2.40. The van der Waals surface area contributed by atoms with Crippen molar-refractivity contribution in [2.75, 3.05) is 26.7 Å². The highest BCUT2D eigenvalue weighted by Gasteiger charge is 2.75. The third-order valence-electron chi connectivity index (χ3n) is 10.1. The standard InChI is InChI=1S/C35H46BrN3O7/c1-6-7-17-38-18-13-9-12-16-26(41)37(5)22(4)29(23-14-10-8-11-15-23)45-34(44)27-28-32(42)39(25(20-40)21(2)3)31(33(38)43)35(28)19-24(36)30(27)46-35/h8-11,13-15,19,21-22,25,27-31,40H,6-7,12,16-18,20H2,1-5H3/b13-9-/t22-,25+,27+,28-,29+,30+,31+,35-/m1/s1. The minimum Gasteiger partial charge on any atom is -0.455 e. The van der Waals surface area contributed by atoms with E-state index in [1.165, 1.54) is 4.90 Å². The van der Waals surface area contributed by atoms with Crippen LogP contribution in [0, 0.1) is 17.8 Å². The number of carbonyl (C=O) groups is 4. The first-order valence-corrected chi connectivity index (χ1v) is 17.2. The van der Waals surface area contributed by atoms with Crippen LogP contribution >= 0.6 is 15.9 Å². The fourth-order valence-electron chi connectivity index (χ4n) is 7.42. The highest BCUT2D eigenvalue weighted by Crippen LogP contribution is 2.59. The summed E-state index contributed by atoms with van der Waals surface area (Å²) in [5.74, 6) is -3.68. The number of hydrogen-bond acceptors (Lipinski definition) is 7. The van der Waals surface area contributed by atoms with Gasteiger partial charge in [0.05, 0.1) is 24.6 Å². The van der Waals surface area contributed by atoms with E-state index < -0.39 is 59.6 Å². The van der Waals surface area contributed by atoms with E-state index in [2.05, 4.69) is 15.9 Å². The van der Waals surface area contributed by atoms with Crippen LogP contribution in [0.2, 0.25) is 0 Å². The third kappa shape index (κ3) is 5.94. The molecule has 1 N–H and O–H groups in total. The maximum atomic E-state index is 14.7. The first-order chi connectivity index (χ1) is 22.0. The number of aliphatic hydroxyl groups is 1. The van der Waals surface area contributed by atoms with E-state index in [-0.39, 0.29) is 30.8 Å². The van der Waals surface area contributed by atoms with Crippen LogP contribution in [0.25, 0.3) is 0 Å². The molecule has 0 aromatic heterocycles. The van der Waals surface area contributed by atoms with E-state index in [0.29, 0.717) is 29.6 Å². The van der Waals surface area contributed by atoms with Crippen LogP contribution < -0.4 is 0 Å². The lowest BCUT2D eigenvalue weighted by molar-refractivity contribution is -0.164. The molecule has 4 aliphatic heterocycles. The molecule has 0 unspecified atom stereocenters. The maximum Gasteiger partial charge on any atom is 0.313 e. The number of carbonyl (C=O) groups excluding carboxylic acids is 4. The van der Waals surface area contributed by atoms with Gasteiger partial charge in [-0.1, -0.05) is 85.6 Å². The molecule has 4 aliphatic rings. The van der Waals surface area contributed by atoms with Crippen LogP contribution in [0.3, 0.4) is 0 Å². The summed E-state index contributed by atoms with van der Waals surface area (Å²) >= 11 is 3.61. The molecule has 5 rings (SSSR count). The number of likely N-dealkylation sites (tertiary alicyclic amines) is 1. The zero-order chi connectivity index (χ0) is 33.3. The molecular formula is C35H46BrN3O7. The maximum absolute atomic E-state index is 14.7. The second-order valence-electron chi connectivity index (χ2n) is 13.2. The Morgan fingerprint density at radius 3 is 2.43 bits per heavy atom. The monoisotopic (exact) mass is 699 g/mol. The molecule has 1 aromatic rings. The summed E-state index contributed by atoms with van der Waals surface area (Å²) in [6.07, 6.45) is 6.30. The fourth-order valence-corrected chi connectivity index (χ4v) is 8.16. The number of halogens is 1. The average molecular weight is 701 g/mol. The first kappa shape index (κ1) is 34.3. The molecule has 0 radical (unpaired) electrons. The van der Waals surface area contributed by atoms with E-state index >= 15 is 0 Å². The molecule has 8 atom stereocenters. The largest absolute Gasteiger partial charge is 0.455 e. The van der Waals surface area contributed by atoms with E-state index in [1.54, 1.807) is 22.9 Å². The summed E-state index contributed by atoms with van der Waals surface area (Å²) in [6, 6.07) is 6.99. The van der Waals surface area contributed by atoms with Crippen molar-refractivity contribution in [1.29, 1.82) is 0 Å². The molecule has 5 bridgehead atoms. The molecule has 10 nitrogen and oxygen atoms in total. The van der Waals surface area contributed by atoms with Crippen molar-refractivity contribution in [2.24, 2.45) is 17.8 Å². The number of esters is 1. The predicted molar refractivity (Wildman–Crippen MR) is 175 cm³/mol. The van der Waals surface area contributed by atoms with Gasteiger partial charge in [-0.05, 0) is 37.3 Å². The summed E-state index contributed by atoms with van der Waals surface area (Å²) in [6.45, 7) is 8.10. The Bertz CT molecular complexity index is 1380. The molecule has 1 aromatic carbocycles. The molecule has 1 spiro atoms. The minimum atomic E-state index is -1.42. The Kier molecular flexibility index (Phi) is 10.4. The zero-order valence-corrected chi connectivity index (χ0v) is 28.9.